The minimum Gasteiger partial charge on any atom is -0.493 e. The van der Waals surface area contributed by atoms with Gasteiger partial charge in [-0.15, -0.1) is 0 Å². The molecule has 0 spiro atoms. The number of rotatable bonds is 2. The molecule has 0 aliphatic carbocycles. The van der Waals surface area contributed by atoms with Crippen LogP contribution in [0.5, 0.6) is 5.88 Å². The molecule has 0 atom stereocenters. The highest BCUT2D eigenvalue weighted by Crippen LogP contribution is 2.23. The van der Waals surface area contributed by atoms with E-state index in [2.05, 4.69) is 25.3 Å². The lowest BCUT2D eigenvalue weighted by Crippen LogP contribution is -2.10. The van der Waals surface area contributed by atoms with Gasteiger partial charge in [-0.25, -0.2) is 9.97 Å². The molecule has 7 nitrogen and oxygen atoms in total. The quantitative estimate of drug-likeness (QED) is 0.669. The number of aromatic hydroxyl groups is 1. The van der Waals surface area contributed by atoms with Crippen molar-refractivity contribution in [3.8, 4) is 5.88 Å². The number of aromatic amines is 1. The molecule has 112 valence electrons. The summed E-state index contributed by atoms with van der Waals surface area (Å²) in [6.07, 6.45) is 0. The van der Waals surface area contributed by atoms with Gasteiger partial charge in [-0.2, -0.15) is 4.98 Å². The van der Waals surface area contributed by atoms with Crippen LogP contribution in [0, 0.1) is 20.8 Å². The summed E-state index contributed by atoms with van der Waals surface area (Å²) in [5.74, 6) is 0.0368. The summed E-state index contributed by atoms with van der Waals surface area (Å²) >= 11 is 0. The van der Waals surface area contributed by atoms with Gasteiger partial charge < -0.3 is 5.11 Å². The van der Waals surface area contributed by atoms with Crippen molar-refractivity contribution in [2.75, 3.05) is 5.32 Å². The number of benzene rings is 1. The highest BCUT2D eigenvalue weighted by molar-refractivity contribution is 5.85. The number of aryl methyl sites for hydroxylation is 3. The minimum atomic E-state index is -0.459. The SMILES string of the molecule is Cc1cc(C)c2nc(Nc3nc(O)cc(=O)[nH]3)nc(C)c2c1. The number of fused-ring (bicyclic) bond motifs is 1. The van der Waals surface area contributed by atoms with E-state index < -0.39 is 5.56 Å². The predicted molar refractivity (Wildman–Crippen MR) is 83.6 cm³/mol. The zero-order chi connectivity index (χ0) is 15.9. The summed E-state index contributed by atoms with van der Waals surface area (Å²) in [7, 11) is 0. The van der Waals surface area contributed by atoms with Crippen molar-refractivity contribution in [2.24, 2.45) is 0 Å². The number of nitrogens with zero attached hydrogens (tertiary/aromatic N) is 3. The molecule has 7 heteroatoms. The third-order valence-electron chi connectivity index (χ3n) is 3.28. The molecular weight excluding hydrogens is 282 g/mol. The molecule has 0 unspecified atom stereocenters. The van der Waals surface area contributed by atoms with Gasteiger partial charge in [-0.1, -0.05) is 11.6 Å². The molecule has 3 rings (SSSR count). The zero-order valence-electron chi connectivity index (χ0n) is 12.4. The van der Waals surface area contributed by atoms with E-state index in [4.69, 9.17) is 0 Å². The Hall–Kier alpha value is -2.96. The average molecular weight is 297 g/mol. The maximum atomic E-state index is 11.3. The second kappa shape index (κ2) is 5.10. The highest BCUT2D eigenvalue weighted by atomic mass is 16.3. The van der Waals surface area contributed by atoms with Gasteiger partial charge in [0.2, 0.25) is 17.8 Å². The van der Waals surface area contributed by atoms with Crippen LogP contribution in [0.1, 0.15) is 16.8 Å². The molecule has 22 heavy (non-hydrogen) atoms. The summed E-state index contributed by atoms with van der Waals surface area (Å²) in [5, 5.41) is 13.2. The van der Waals surface area contributed by atoms with E-state index in [1.807, 2.05) is 32.9 Å². The molecule has 3 N–H and O–H groups in total. The fourth-order valence-corrected chi connectivity index (χ4v) is 2.40. The molecule has 0 amide bonds. The van der Waals surface area contributed by atoms with E-state index in [0.717, 1.165) is 33.8 Å². The Morgan fingerprint density at radius 1 is 1.09 bits per heavy atom. The van der Waals surface area contributed by atoms with Gasteiger partial charge in [0.25, 0.3) is 5.56 Å². The number of anilines is 2. The van der Waals surface area contributed by atoms with E-state index >= 15 is 0 Å². The molecule has 0 aliphatic heterocycles. The second-order valence-electron chi connectivity index (χ2n) is 5.19. The lowest BCUT2D eigenvalue weighted by molar-refractivity contribution is 0.452. The molecule has 0 aliphatic rings. The smallest absolute Gasteiger partial charge is 0.256 e. The van der Waals surface area contributed by atoms with Gasteiger partial charge in [0, 0.05) is 5.39 Å². The summed E-state index contributed by atoms with van der Waals surface area (Å²) in [5.41, 5.74) is 3.39. The van der Waals surface area contributed by atoms with Crippen LogP contribution in [-0.2, 0) is 0 Å². The average Bonchev–Trinajstić information content (AvgIpc) is 2.39. The van der Waals surface area contributed by atoms with Crippen molar-refractivity contribution in [3.63, 3.8) is 0 Å². The molecule has 1 aromatic carbocycles. The normalized spacial score (nSPS) is 10.9. The van der Waals surface area contributed by atoms with Gasteiger partial charge in [-0.05, 0) is 32.4 Å². The molecule has 2 aromatic heterocycles. The topological polar surface area (TPSA) is 104 Å². The largest absolute Gasteiger partial charge is 0.493 e. The minimum absolute atomic E-state index is 0.0912. The van der Waals surface area contributed by atoms with Crippen LogP contribution < -0.4 is 10.9 Å². The fraction of sp³-hybridized carbons (Fsp3) is 0.200. The van der Waals surface area contributed by atoms with Crippen LogP contribution in [0.15, 0.2) is 23.0 Å². The van der Waals surface area contributed by atoms with Crippen LogP contribution in [-0.4, -0.2) is 25.0 Å². The number of hydrogen-bond donors (Lipinski definition) is 3. The Labute approximate surface area is 126 Å². The Balaban J connectivity index is 2.10. The first-order chi connectivity index (χ1) is 10.4. The standard InChI is InChI=1S/C15H15N5O2/c1-7-4-8(2)13-10(5-7)9(3)16-14(19-13)20-15-17-11(21)6-12(22)18-15/h4-6H,1-3H3,(H3,16,17,18,19,20,21,22). The Bertz CT molecular complexity index is 933. The highest BCUT2D eigenvalue weighted by Gasteiger charge is 2.09. The molecule has 0 fully saturated rings. The first kappa shape index (κ1) is 14.0. The fourth-order valence-electron chi connectivity index (χ4n) is 2.40. The van der Waals surface area contributed by atoms with Gasteiger partial charge in [-0.3, -0.25) is 15.1 Å². The van der Waals surface area contributed by atoms with Crippen molar-refractivity contribution in [1.29, 1.82) is 0 Å². The Kier molecular flexibility index (Phi) is 3.25. The second-order valence-corrected chi connectivity index (χ2v) is 5.19. The van der Waals surface area contributed by atoms with Crippen LogP contribution in [0.2, 0.25) is 0 Å². The lowest BCUT2D eigenvalue weighted by atomic mass is 10.1. The van der Waals surface area contributed by atoms with E-state index in [-0.39, 0.29) is 11.8 Å². The maximum absolute atomic E-state index is 11.3. The van der Waals surface area contributed by atoms with Crippen molar-refractivity contribution < 1.29 is 5.11 Å². The number of nitrogens with one attached hydrogen (secondary N) is 2. The number of aromatic nitrogens is 4. The lowest BCUT2D eigenvalue weighted by Gasteiger charge is -2.10. The third-order valence-corrected chi connectivity index (χ3v) is 3.28. The van der Waals surface area contributed by atoms with Crippen LogP contribution >= 0.6 is 0 Å². The summed E-state index contributed by atoms with van der Waals surface area (Å²) in [6, 6.07) is 5.08. The van der Waals surface area contributed by atoms with Crippen LogP contribution in [0.4, 0.5) is 11.9 Å². The van der Waals surface area contributed by atoms with E-state index in [1.54, 1.807) is 0 Å². The van der Waals surface area contributed by atoms with Crippen molar-refractivity contribution in [3.05, 3.63) is 45.4 Å². The molecule has 3 aromatic rings. The van der Waals surface area contributed by atoms with E-state index in [0.29, 0.717) is 5.95 Å². The maximum Gasteiger partial charge on any atom is 0.256 e. The van der Waals surface area contributed by atoms with E-state index in [1.165, 1.54) is 0 Å². The monoisotopic (exact) mass is 297 g/mol. The number of hydrogen-bond acceptors (Lipinski definition) is 6. The molecule has 0 bridgehead atoms. The first-order valence-electron chi connectivity index (χ1n) is 6.75. The van der Waals surface area contributed by atoms with E-state index in [9.17, 15) is 9.90 Å². The molecule has 0 radical (unpaired) electrons. The van der Waals surface area contributed by atoms with Gasteiger partial charge in [0.1, 0.15) is 0 Å². The van der Waals surface area contributed by atoms with Gasteiger partial charge >= 0.3 is 0 Å². The Morgan fingerprint density at radius 2 is 1.86 bits per heavy atom. The van der Waals surface area contributed by atoms with Crippen molar-refractivity contribution in [2.45, 2.75) is 20.8 Å². The van der Waals surface area contributed by atoms with Gasteiger partial charge in [0.05, 0.1) is 17.3 Å². The summed E-state index contributed by atoms with van der Waals surface area (Å²) < 4.78 is 0. The Morgan fingerprint density at radius 3 is 2.59 bits per heavy atom. The first-order valence-corrected chi connectivity index (χ1v) is 6.75. The number of H-pyrrole nitrogens is 1. The zero-order valence-corrected chi connectivity index (χ0v) is 12.4. The molecule has 2 heterocycles. The van der Waals surface area contributed by atoms with Gasteiger partial charge in [0.15, 0.2) is 0 Å². The third kappa shape index (κ3) is 2.60. The van der Waals surface area contributed by atoms with Crippen LogP contribution in [0.25, 0.3) is 10.9 Å². The summed E-state index contributed by atoms with van der Waals surface area (Å²) in [4.78, 5) is 26.4. The van der Waals surface area contributed by atoms with Crippen molar-refractivity contribution >= 4 is 22.8 Å². The van der Waals surface area contributed by atoms with Crippen molar-refractivity contribution in [1.82, 2.24) is 19.9 Å². The predicted octanol–water partition coefficient (Wildman–Crippen LogP) is 2.09. The summed E-state index contributed by atoms with van der Waals surface area (Å²) in [6.45, 7) is 5.91. The molecule has 0 saturated heterocycles. The van der Waals surface area contributed by atoms with Crippen LogP contribution in [0.3, 0.4) is 0 Å². The molecule has 0 saturated carbocycles. The molecular formula is C15H15N5O2.